The van der Waals surface area contributed by atoms with E-state index in [2.05, 4.69) is 13.8 Å². The number of unbranched alkanes of at least 4 members (excludes halogenated alkanes) is 1. The second-order valence-corrected chi connectivity index (χ2v) is 3.29. The monoisotopic (exact) mass is 159 g/mol. The van der Waals surface area contributed by atoms with Gasteiger partial charge in [-0.05, 0) is 27.3 Å². The first-order valence-electron chi connectivity index (χ1n) is 4.49. The Kier molecular flexibility index (Phi) is 5.51. The lowest BCUT2D eigenvalue weighted by Crippen LogP contribution is -2.36. The van der Waals surface area contributed by atoms with Gasteiger partial charge in [-0.1, -0.05) is 19.8 Å². The van der Waals surface area contributed by atoms with Gasteiger partial charge < -0.3 is 5.11 Å². The molecule has 2 atom stereocenters. The molecule has 0 aromatic carbocycles. The van der Waals surface area contributed by atoms with Crippen LogP contribution in [0.5, 0.6) is 0 Å². The summed E-state index contributed by atoms with van der Waals surface area (Å²) in [5.74, 6) is 0. The molecule has 0 fully saturated rings. The van der Waals surface area contributed by atoms with Crippen LogP contribution in [0.15, 0.2) is 0 Å². The van der Waals surface area contributed by atoms with E-state index in [9.17, 15) is 5.11 Å². The molecular weight excluding hydrogens is 138 g/mol. The first-order chi connectivity index (χ1) is 5.09. The van der Waals surface area contributed by atoms with Crippen molar-refractivity contribution in [3.05, 3.63) is 0 Å². The molecule has 0 spiro atoms. The van der Waals surface area contributed by atoms with E-state index in [1.807, 2.05) is 18.9 Å². The largest absolute Gasteiger partial charge is 0.379 e. The molecular formula is C9H21NO. The summed E-state index contributed by atoms with van der Waals surface area (Å²) in [6, 6.07) is 0.495. The normalized spacial score (nSPS) is 16.9. The molecule has 0 bridgehead atoms. The Bertz CT molecular complexity index is 93.6. The van der Waals surface area contributed by atoms with Gasteiger partial charge in [-0.25, -0.2) is 0 Å². The van der Waals surface area contributed by atoms with Gasteiger partial charge in [-0.3, -0.25) is 4.90 Å². The Morgan fingerprint density at radius 2 is 1.91 bits per heavy atom. The van der Waals surface area contributed by atoms with Gasteiger partial charge >= 0.3 is 0 Å². The SMILES string of the molecule is CCCCC(C)N(C)C(C)O. The molecule has 0 aliphatic rings. The van der Waals surface area contributed by atoms with E-state index in [1.54, 1.807) is 0 Å². The molecule has 0 aliphatic carbocycles. The van der Waals surface area contributed by atoms with E-state index >= 15 is 0 Å². The number of nitrogens with zero attached hydrogens (tertiary/aromatic N) is 1. The van der Waals surface area contributed by atoms with Crippen LogP contribution in [0, 0.1) is 0 Å². The van der Waals surface area contributed by atoms with Crippen LogP contribution >= 0.6 is 0 Å². The second kappa shape index (κ2) is 5.56. The van der Waals surface area contributed by atoms with Gasteiger partial charge in [0.15, 0.2) is 0 Å². The molecule has 2 heteroatoms. The van der Waals surface area contributed by atoms with Crippen LogP contribution in [-0.2, 0) is 0 Å². The van der Waals surface area contributed by atoms with Crippen molar-refractivity contribution in [1.29, 1.82) is 0 Å². The maximum Gasteiger partial charge on any atom is 0.104 e. The number of rotatable bonds is 5. The molecule has 2 unspecified atom stereocenters. The minimum absolute atomic E-state index is 0.318. The molecule has 0 amide bonds. The quantitative estimate of drug-likeness (QED) is 0.619. The van der Waals surface area contributed by atoms with Crippen molar-refractivity contribution < 1.29 is 5.11 Å². The van der Waals surface area contributed by atoms with Crippen LogP contribution in [0.3, 0.4) is 0 Å². The molecule has 0 aromatic rings. The molecule has 68 valence electrons. The van der Waals surface area contributed by atoms with E-state index in [4.69, 9.17) is 0 Å². The lowest BCUT2D eigenvalue weighted by Gasteiger charge is -2.27. The van der Waals surface area contributed by atoms with E-state index < -0.39 is 0 Å². The van der Waals surface area contributed by atoms with Crippen molar-refractivity contribution in [2.75, 3.05) is 7.05 Å². The fourth-order valence-electron chi connectivity index (χ4n) is 1.07. The van der Waals surface area contributed by atoms with Crippen LogP contribution < -0.4 is 0 Å². The summed E-state index contributed by atoms with van der Waals surface area (Å²) < 4.78 is 0. The lowest BCUT2D eigenvalue weighted by molar-refractivity contribution is 0.0107. The Labute approximate surface area is 70.2 Å². The van der Waals surface area contributed by atoms with Crippen LogP contribution in [0.2, 0.25) is 0 Å². The van der Waals surface area contributed by atoms with Gasteiger partial charge in [0.1, 0.15) is 6.23 Å². The minimum atomic E-state index is -0.318. The first-order valence-corrected chi connectivity index (χ1v) is 4.49. The number of aliphatic hydroxyl groups excluding tert-OH is 1. The van der Waals surface area contributed by atoms with Crippen molar-refractivity contribution in [3.63, 3.8) is 0 Å². The molecule has 0 rings (SSSR count). The maximum atomic E-state index is 9.22. The third-order valence-electron chi connectivity index (χ3n) is 2.26. The summed E-state index contributed by atoms with van der Waals surface area (Å²) in [6.45, 7) is 6.15. The predicted octanol–water partition coefficient (Wildman–Crippen LogP) is 1.84. The molecule has 0 saturated carbocycles. The average Bonchev–Trinajstić information content (AvgIpc) is 1.98. The highest BCUT2D eigenvalue weighted by molar-refractivity contribution is 4.62. The summed E-state index contributed by atoms with van der Waals surface area (Å²) >= 11 is 0. The Morgan fingerprint density at radius 1 is 1.36 bits per heavy atom. The summed E-state index contributed by atoms with van der Waals surface area (Å²) in [4.78, 5) is 2.00. The minimum Gasteiger partial charge on any atom is -0.379 e. The zero-order valence-electron chi connectivity index (χ0n) is 8.17. The highest BCUT2D eigenvalue weighted by Gasteiger charge is 2.11. The van der Waals surface area contributed by atoms with Gasteiger partial charge in [0, 0.05) is 6.04 Å². The van der Waals surface area contributed by atoms with Gasteiger partial charge in [0.2, 0.25) is 0 Å². The van der Waals surface area contributed by atoms with Crippen LogP contribution in [-0.4, -0.2) is 29.3 Å². The number of hydrogen-bond donors (Lipinski definition) is 1. The van der Waals surface area contributed by atoms with Gasteiger partial charge in [0.25, 0.3) is 0 Å². The number of hydrogen-bond acceptors (Lipinski definition) is 2. The molecule has 0 heterocycles. The van der Waals surface area contributed by atoms with Crippen LogP contribution in [0.4, 0.5) is 0 Å². The topological polar surface area (TPSA) is 23.5 Å². The van der Waals surface area contributed by atoms with Gasteiger partial charge in [-0.15, -0.1) is 0 Å². The smallest absolute Gasteiger partial charge is 0.104 e. The molecule has 0 saturated heterocycles. The second-order valence-electron chi connectivity index (χ2n) is 3.29. The average molecular weight is 159 g/mol. The summed E-state index contributed by atoms with van der Waals surface area (Å²) in [7, 11) is 1.96. The lowest BCUT2D eigenvalue weighted by atomic mass is 10.1. The van der Waals surface area contributed by atoms with Crippen molar-refractivity contribution in [1.82, 2.24) is 4.90 Å². The third kappa shape index (κ3) is 4.38. The van der Waals surface area contributed by atoms with Crippen molar-refractivity contribution >= 4 is 0 Å². The fourth-order valence-corrected chi connectivity index (χ4v) is 1.07. The zero-order valence-corrected chi connectivity index (χ0v) is 8.17. The summed E-state index contributed by atoms with van der Waals surface area (Å²) in [5.41, 5.74) is 0. The van der Waals surface area contributed by atoms with Crippen molar-refractivity contribution in [2.45, 2.75) is 52.3 Å². The third-order valence-corrected chi connectivity index (χ3v) is 2.26. The van der Waals surface area contributed by atoms with Crippen LogP contribution in [0.1, 0.15) is 40.0 Å². The highest BCUT2D eigenvalue weighted by Crippen LogP contribution is 2.07. The van der Waals surface area contributed by atoms with Gasteiger partial charge in [-0.2, -0.15) is 0 Å². The van der Waals surface area contributed by atoms with Crippen molar-refractivity contribution in [3.8, 4) is 0 Å². The molecule has 11 heavy (non-hydrogen) atoms. The van der Waals surface area contributed by atoms with E-state index in [0.29, 0.717) is 6.04 Å². The fraction of sp³-hybridized carbons (Fsp3) is 1.00. The Morgan fingerprint density at radius 3 is 2.27 bits per heavy atom. The van der Waals surface area contributed by atoms with Crippen molar-refractivity contribution in [2.24, 2.45) is 0 Å². The van der Waals surface area contributed by atoms with E-state index in [1.165, 1.54) is 19.3 Å². The van der Waals surface area contributed by atoms with E-state index in [-0.39, 0.29) is 6.23 Å². The number of aliphatic hydroxyl groups is 1. The molecule has 2 nitrogen and oxygen atoms in total. The first kappa shape index (κ1) is 10.9. The molecule has 0 radical (unpaired) electrons. The standard InChI is InChI=1S/C9H21NO/c1-5-6-7-8(2)10(4)9(3)11/h8-9,11H,5-7H2,1-4H3. The molecule has 0 aliphatic heterocycles. The highest BCUT2D eigenvalue weighted by atomic mass is 16.3. The molecule has 0 aromatic heterocycles. The Hall–Kier alpha value is -0.0800. The van der Waals surface area contributed by atoms with Crippen LogP contribution in [0.25, 0.3) is 0 Å². The zero-order chi connectivity index (χ0) is 8.85. The van der Waals surface area contributed by atoms with E-state index in [0.717, 1.165) is 0 Å². The molecule has 1 N–H and O–H groups in total. The Balaban J connectivity index is 3.55. The summed E-state index contributed by atoms with van der Waals surface area (Å²) in [6.07, 6.45) is 3.34. The predicted molar refractivity (Wildman–Crippen MR) is 48.4 cm³/mol. The maximum absolute atomic E-state index is 9.22. The summed E-state index contributed by atoms with van der Waals surface area (Å²) in [5, 5.41) is 9.22. The van der Waals surface area contributed by atoms with Gasteiger partial charge in [0.05, 0.1) is 0 Å².